The van der Waals surface area contributed by atoms with Crippen LogP contribution in [-0.2, 0) is 0 Å². The lowest BCUT2D eigenvalue weighted by Crippen LogP contribution is -2.30. The van der Waals surface area contributed by atoms with Crippen molar-refractivity contribution in [3.8, 4) is 0 Å². The molecule has 0 saturated carbocycles. The third kappa shape index (κ3) is 3.77. The van der Waals surface area contributed by atoms with Gasteiger partial charge < -0.3 is 16.2 Å². The largest absolute Gasteiger partial charge is 0.399 e. The molecule has 0 heterocycles. The van der Waals surface area contributed by atoms with Gasteiger partial charge in [0, 0.05) is 22.8 Å². The van der Waals surface area contributed by atoms with Crippen LogP contribution in [0.15, 0.2) is 18.2 Å². The number of amides is 1. The topological polar surface area (TPSA) is 75.3 Å². The predicted molar refractivity (Wildman–Crippen MR) is 59.9 cm³/mol. The summed E-state index contributed by atoms with van der Waals surface area (Å²) < 4.78 is 0. The molecular formula is C10H13ClN2O2. The Hall–Kier alpha value is -1.26. The van der Waals surface area contributed by atoms with Gasteiger partial charge in [-0.1, -0.05) is 11.6 Å². The molecule has 0 aliphatic heterocycles. The van der Waals surface area contributed by atoms with E-state index in [0.717, 1.165) is 0 Å². The Balaban J connectivity index is 2.73. The summed E-state index contributed by atoms with van der Waals surface area (Å²) in [5.41, 5.74) is 6.36. The van der Waals surface area contributed by atoms with Gasteiger partial charge >= 0.3 is 0 Å². The van der Waals surface area contributed by atoms with E-state index in [-0.39, 0.29) is 12.5 Å². The quantitative estimate of drug-likeness (QED) is 0.677. The maximum absolute atomic E-state index is 11.5. The van der Waals surface area contributed by atoms with Crippen molar-refractivity contribution in [3.63, 3.8) is 0 Å². The smallest absolute Gasteiger partial charge is 0.251 e. The number of rotatable bonds is 3. The zero-order valence-electron chi connectivity index (χ0n) is 8.33. The molecule has 0 fully saturated rings. The number of carbonyl (C=O) groups is 1. The summed E-state index contributed by atoms with van der Waals surface area (Å²) in [6, 6.07) is 4.62. The van der Waals surface area contributed by atoms with Crippen LogP contribution in [0.4, 0.5) is 5.69 Å². The Morgan fingerprint density at radius 3 is 2.80 bits per heavy atom. The van der Waals surface area contributed by atoms with Crippen molar-refractivity contribution >= 4 is 23.2 Å². The molecule has 1 rings (SSSR count). The number of nitrogen functional groups attached to an aromatic ring is 1. The number of carbonyl (C=O) groups excluding carboxylic acids is 1. The average Bonchev–Trinajstić information content (AvgIpc) is 2.12. The van der Waals surface area contributed by atoms with Crippen LogP contribution in [0.25, 0.3) is 0 Å². The maximum atomic E-state index is 11.5. The molecule has 82 valence electrons. The number of hydrogen-bond acceptors (Lipinski definition) is 3. The number of aliphatic hydroxyl groups is 1. The van der Waals surface area contributed by atoms with Gasteiger partial charge in [-0.3, -0.25) is 4.79 Å². The van der Waals surface area contributed by atoms with Gasteiger partial charge in [0.05, 0.1) is 6.10 Å². The molecule has 1 aromatic rings. The van der Waals surface area contributed by atoms with E-state index in [2.05, 4.69) is 5.32 Å². The maximum Gasteiger partial charge on any atom is 0.251 e. The summed E-state index contributed by atoms with van der Waals surface area (Å²) in [4.78, 5) is 11.5. The Bertz CT molecular complexity index is 346. The molecule has 1 aromatic carbocycles. The van der Waals surface area contributed by atoms with Gasteiger partial charge in [0.25, 0.3) is 5.91 Å². The van der Waals surface area contributed by atoms with E-state index in [1.807, 2.05) is 0 Å². The van der Waals surface area contributed by atoms with E-state index < -0.39 is 6.10 Å². The highest BCUT2D eigenvalue weighted by atomic mass is 35.5. The van der Waals surface area contributed by atoms with Gasteiger partial charge in [-0.05, 0) is 25.1 Å². The van der Waals surface area contributed by atoms with Gasteiger partial charge in [-0.15, -0.1) is 0 Å². The van der Waals surface area contributed by atoms with Crippen LogP contribution in [0.2, 0.25) is 5.02 Å². The van der Waals surface area contributed by atoms with E-state index in [9.17, 15) is 4.79 Å². The van der Waals surface area contributed by atoms with Crippen molar-refractivity contribution in [2.24, 2.45) is 0 Å². The molecule has 0 spiro atoms. The molecule has 15 heavy (non-hydrogen) atoms. The average molecular weight is 229 g/mol. The Labute approximate surface area is 93.0 Å². The second kappa shape index (κ2) is 5.00. The van der Waals surface area contributed by atoms with Crippen LogP contribution in [-0.4, -0.2) is 23.7 Å². The lowest BCUT2D eigenvalue weighted by Gasteiger charge is -2.07. The molecule has 0 aromatic heterocycles. The number of halogens is 1. The summed E-state index contributed by atoms with van der Waals surface area (Å²) in [5, 5.41) is 12.0. The number of nitrogens with one attached hydrogen (secondary N) is 1. The molecule has 1 unspecified atom stereocenters. The minimum atomic E-state index is -0.578. The minimum Gasteiger partial charge on any atom is -0.399 e. The molecule has 4 nitrogen and oxygen atoms in total. The lowest BCUT2D eigenvalue weighted by atomic mass is 10.2. The van der Waals surface area contributed by atoms with Gasteiger partial charge in [-0.2, -0.15) is 0 Å². The van der Waals surface area contributed by atoms with Crippen molar-refractivity contribution in [2.45, 2.75) is 13.0 Å². The second-order valence-corrected chi connectivity index (χ2v) is 3.77. The number of aliphatic hydroxyl groups excluding tert-OH is 1. The van der Waals surface area contributed by atoms with Gasteiger partial charge in [0.1, 0.15) is 0 Å². The highest BCUT2D eigenvalue weighted by Crippen LogP contribution is 2.16. The fourth-order valence-electron chi connectivity index (χ4n) is 1.09. The highest BCUT2D eigenvalue weighted by Gasteiger charge is 2.07. The third-order valence-electron chi connectivity index (χ3n) is 1.74. The van der Waals surface area contributed by atoms with E-state index in [4.69, 9.17) is 22.4 Å². The monoisotopic (exact) mass is 228 g/mol. The van der Waals surface area contributed by atoms with E-state index in [0.29, 0.717) is 16.3 Å². The summed E-state index contributed by atoms with van der Waals surface area (Å²) in [6.07, 6.45) is -0.578. The summed E-state index contributed by atoms with van der Waals surface area (Å²) in [5.74, 6) is -0.301. The Morgan fingerprint density at radius 1 is 1.60 bits per heavy atom. The molecule has 0 radical (unpaired) electrons. The fourth-order valence-corrected chi connectivity index (χ4v) is 1.33. The fraction of sp³-hybridized carbons (Fsp3) is 0.300. The molecular weight excluding hydrogens is 216 g/mol. The first-order valence-electron chi connectivity index (χ1n) is 4.51. The Kier molecular flexibility index (Phi) is 3.94. The predicted octanol–water partition coefficient (Wildman–Crippen LogP) is 1.03. The van der Waals surface area contributed by atoms with Gasteiger partial charge in [0.15, 0.2) is 0 Å². The summed E-state index contributed by atoms with van der Waals surface area (Å²) >= 11 is 5.75. The summed E-state index contributed by atoms with van der Waals surface area (Å²) in [6.45, 7) is 1.79. The van der Waals surface area contributed by atoms with Crippen LogP contribution >= 0.6 is 11.6 Å². The van der Waals surface area contributed by atoms with E-state index >= 15 is 0 Å². The zero-order valence-corrected chi connectivity index (χ0v) is 9.08. The van der Waals surface area contributed by atoms with Crippen molar-refractivity contribution in [2.75, 3.05) is 12.3 Å². The van der Waals surface area contributed by atoms with Crippen LogP contribution in [0, 0.1) is 0 Å². The molecule has 4 N–H and O–H groups in total. The van der Waals surface area contributed by atoms with Gasteiger partial charge in [0.2, 0.25) is 0 Å². The number of nitrogens with two attached hydrogens (primary N) is 1. The Morgan fingerprint density at radius 2 is 2.27 bits per heavy atom. The van der Waals surface area contributed by atoms with Crippen molar-refractivity contribution < 1.29 is 9.90 Å². The number of anilines is 1. The summed E-state index contributed by atoms with van der Waals surface area (Å²) in [7, 11) is 0. The SMILES string of the molecule is CC(O)CNC(=O)c1cc(N)cc(Cl)c1. The minimum absolute atomic E-state index is 0.200. The lowest BCUT2D eigenvalue weighted by molar-refractivity contribution is 0.0924. The first-order valence-corrected chi connectivity index (χ1v) is 4.89. The van der Waals surface area contributed by atoms with Crippen molar-refractivity contribution in [1.29, 1.82) is 0 Å². The third-order valence-corrected chi connectivity index (χ3v) is 1.96. The highest BCUT2D eigenvalue weighted by molar-refractivity contribution is 6.31. The zero-order chi connectivity index (χ0) is 11.4. The van der Waals surface area contributed by atoms with Crippen LogP contribution < -0.4 is 11.1 Å². The molecule has 5 heteroatoms. The van der Waals surface area contributed by atoms with Crippen molar-refractivity contribution in [3.05, 3.63) is 28.8 Å². The normalized spacial score (nSPS) is 12.2. The van der Waals surface area contributed by atoms with E-state index in [1.165, 1.54) is 12.1 Å². The van der Waals surface area contributed by atoms with E-state index in [1.54, 1.807) is 13.0 Å². The molecule has 0 saturated heterocycles. The number of hydrogen-bond donors (Lipinski definition) is 3. The van der Waals surface area contributed by atoms with Gasteiger partial charge in [-0.25, -0.2) is 0 Å². The molecule has 1 amide bonds. The first-order chi connectivity index (χ1) is 6.99. The van der Waals surface area contributed by atoms with Crippen LogP contribution in [0.5, 0.6) is 0 Å². The standard InChI is InChI=1S/C10H13ClN2O2/c1-6(14)5-13-10(15)7-2-8(11)4-9(12)3-7/h2-4,6,14H,5,12H2,1H3,(H,13,15). The molecule has 0 bridgehead atoms. The molecule has 0 aliphatic carbocycles. The number of benzene rings is 1. The van der Waals surface area contributed by atoms with Crippen molar-refractivity contribution in [1.82, 2.24) is 5.32 Å². The van der Waals surface area contributed by atoms with Crippen LogP contribution in [0.3, 0.4) is 0 Å². The first kappa shape index (κ1) is 11.8. The molecule has 0 aliphatic rings. The van der Waals surface area contributed by atoms with Crippen LogP contribution in [0.1, 0.15) is 17.3 Å². The molecule has 1 atom stereocenters. The second-order valence-electron chi connectivity index (χ2n) is 3.33.